The smallest absolute Gasteiger partial charge is 0.291 e. The maximum atomic E-state index is 12.3. The molecule has 1 aliphatic heterocycles. The van der Waals surface area contributed by atoms with E-state index >= 15 is 0 Å². The number of hydrogen-bond acceptors (Lipinski definition) is 5. The molecule has 6 nitrogen and oxygen atoms in total. The lowest BCUT2D eigenvalue weighted by atomic mass is 10.2. The summed E-state index contributed by atoms with van der Waals surface area (Å²) in [6.07, 6.45) is 3.69. The zero-order chi connectivity index (χ0) is 16.2. The van der Waals surface area contributed by atoms with E-state index in [0.717, 1.165) is 24.9 Å². The van der Waals surface area contributed by atoms with Crippen LogP contribution in [0.2, 0.25) is 0 Å². The fraction of sp³-hybridized carbons (Fsp3) is 0.375. The molecule has 1 saturated heterocycles. The molecule has 1 fully saturated rings. The van der Waals surface area contributed by atoms with Gasteiger partial charge in [-0.1, -0.05) is 0 Å². The van der Waals surface area contributed by atoms with Crippen LogP contribution in [0.5, 0.6) is 0 Å². The molecule has 3 N–H and O–H groups in total. The molecule has 3 heterocycles. The number of carbonyl (C=O) groups is 2. The van der Waals surface area contributed by atoms with Gasteiger partial charge in [-0.15, -0.1) is 23.7 Å². The highest BCUT2D eigenvalue weighted by Gasteiger charge is 2.19. The van der Waals surface area contributed by atoms with Crippen molar-refractivity contribution in [2.45, 2.75) is 25.8 Å². The highest BCUT2D eigenvalue weighted by atomic mass is 35.5. The summed E-state index contributed by atoms with van der Waals surface area (Å²) in [6, 6.07) is 5.41. The number of rotatable bonds is 5. The SMILES string of the molecule is Cc1cc(NC(=O)c2ccco2)sc1C(=O)NCC1CCCN1.Cl. The lowest BCUT2D eigenvalue weighted by Gasteiger charge is -2.10. The molecule has 1 atom stereocenters. The minimum absolute atomic E-state index is 0. The number of thiophene rings is 1. The normalized spacial score (nSPS) is 16.5. The molecule has 1 aliphatic rings. The van der Waals surface area contributed by atoms with Gasteiger partial charge >= 0.3 is 0 Å². The summed E-state index contributed by atoms with van der Waals surface area (Å²) in [5.41, 5.74) is 0.849. The second-order valence-corrected chi connectivity index (χ2v) is 6.61. The predicted molar refractivity (Wildman–Crippen MR) is 96.3 cm³/mol. The average Bonchev–Trinajstić information content (AvgIpc) is 3.27. The van der Waals surface area contributed by atoms with Gasteiger partial charge in [0.05, 0.1) is 16.1 Å². The molecule has 2 amide bonds. The Morgan fingerprint density at radius 1 is 1.42 bits per heavy atom. The molecule has 24 heavy (non-hydrogen) atoms. The van der Waals surface area contributed by atoms with Gasteiger partial charge in [-0.05, 0) is 50.1 Å². The standard InChI is InChI=1S/C16H19N3O3S.ClH/c1-10-8-13(19-15(20)12-5-3-7-22-12)23-14(10)16(21)18-9-11-4-2-6-17-11;/h3,5,7-8,11,17H,2,4,6,9H2,1H3,(H,18,21)(H,19,20);1H. The Bertz CT molecular complexity index is 693. The molecular weight excluding hydrogens is 350 g/mol. The maximum Gasteiger partial charge on any atom is 0.291 e. The molecule has 8 heteroatoms. The Balaban J connectivity index is 0.00000208. The third-order valence-electron chi connectivity index (χ3n) is 3.78. The summed E-state index contributed by atoms with van der Waals surface area (Å²) in [5.74, 6) is -0.174. The first-order chi connectivity index (χ1) is 11.1. The van der Waals surface area contributed by atoms with E-state index in [0.29, 0.717) is 22.5 Å². The second kappa shape index (κ2) is 8.32. The average molecular weight is 370 g/mol. The Morgan fingerprint density at radius 2 is 2.25 bits per heavy atom. The lowest BCUT2D eigenvalue weighted by Crippen LogP contribution is -2.37. The van der Waals surface area contributed by atoms with E-state index in [2.05, 4.69) is 16.0 Å². The molecule has 0 saturated carbocycles. The number of hydrogen-bond donors (Lipinski definition) is 3. The molecule has 130 valence electrons. The fourth-order valence-electron chi connectivity index (χ4n) is 2.58. The van der Waals surface area contributed by atoms with Crippen LogP contribution in [0.15, 0.2) is 28.9 Å². The van der Waals surface area contributed by atoms with Crippen molar-refractivity contribution in [3.05, 3.63) is 40.7 Å². The minimum Gasteiger partial charge on any atom is -0.459 e. The minimum atomic E-state index is -0.321. The van der Waals surface area contributed by atoms with Crippen molar-refractivity contribution in [2.24, 2.45) is 0 Å². The van der Waals surface area contributed by atoms with Gasteiger partial charge < -0.3 is 20.4 Å². The number of anilines is 1. The number of amides is 2. The van der Waals surface area contributed by atoms with Crippen molar-refractivity contribution >= 4 is 40.6 Å². The van der Waals surface area contributed by atoms with Crippen LogP contribution in [0.25, 0.3) is 0 Å². The number of aryl methyl sites for hydroxylation is 1. The van der Waals surface area contributed by atoms with Gasteiger partial charge in [0.15, 0.2) is 5.76 Å². The monoisotopic (exact) mass is 369 g/mol. The fourth-order valence-corrected chi connectivity index (χ4v) is 3.56. The molecule has 2 aromatic rings. The van der Waals surface area contributed by atoms with Crippen LogP contribution < -0.4 is 16.0 Å². The molecule has 3 rings (SSSR count). The van der Waals surface area contributed by atoms with Crippen LogP contribution >= 0.6 is 23.7 Å². The number of carbonyl (C=O) groups excluding carboxylic acids is 2. The predicted octanol–water partition coefficient (Wildman–Crippen LogP) is 2.81. The van der Waals surface area contributed by atoms with Crippen molar-refractivity contribution in [1.29, 1.82) is 0 Å². The summed E-state index contributed by atoms with van der Waals surface area (Å²) in [4.78, 5) is 24.9. The largest absolute Gasteiger partial charge is 0.459 e. The summed E-state index contributed by atoms with van der Waals surface area (Å²) >= 11 is 1.27. The van der Waals surface area contributed by atoms with Gasteiger partial charge in [0.1, 0.15) is 0 Å². The summed E-state index contributed by atoms with van der Waals surface area (Å²) in [5, 5.41) is 9.68. The number of furan rings is 1. The van der Waals surface area contributed by atoms with Crippen molar-refractivity contribution < 1.29 is 14.0 Å². The van der Waals surface area contributed by atoms with Gasteiger partial charge in [0.2, 0.25) is 0 Å². The molecule has 0 spiro atoms. The van der Waals surface area contributed by atoms with E-state index in [1.54, 1.807) is 18.2 Å². The van der Waals surface area contributed by atoms with Gasteiger partial charge in [0, 0.05) is 12.6 Å². The van der Waals surface area contributed by atoms with Gasteiger partial charge in [-0.3, -0.25) is 9.59 Å². The van der Waals surface area contributed by atoms with Crippen LogP contribution in [-0.4, -0.2) is 30.9 Å². The molecular formula is C16H20ClN3O3S. The van der Waals surface area contributed by atoms with E-state index < -0.39 is 0 Å². The number of nitrogens with one attached hydrogen (secondary N) is 3. The Labute approximate surface area is 150 Å². The molecule has 0 aliphatic carbocycles. The van der Waals surface area contributed by atoms with Crippen molar-refractivity contribution in [1.82, 2.24) is 10.6 Å². The van der Waals surface area contributed by atoms with E-state index in [1.165, 1.54) is 17.6 Å². The molecule has 0 aromatic carbocycles. The van der Waals surface area contributed by atoms with Crippen LogP contribution in [0.4, 0.5) is 5.00 Å². The first kappa shape index (κ1) is 18.5. The van der Waals surface area contributed by atoms with Crippen LogP contribution in [0.1, 0.15) is 38.6 Å². The first-order valence-electron chi connectivity index (χ1n) is 7.60. The second-order valence-electron chi connectivity index (χ2n) is 5.56. The molecule has 1 unspecified atom stereocenters. The zero-order valence-corrected chi connectivity index (χ0v) is 14.9. The van der Waals surface area contributed by atoms with Crippen LogP contribution in [0.3, 0.4) is 0 Å². The lowest BCUT2D eigenvalue weighted by molar-refractivity contribution is 0.0952. The van der Waals surface area contributed by atoms with Gasteiger partial charge in [-0.2, -0.15) is 0 Å². The molecule has 0 bridgehead atoms. The quantitative estimate of drug-likeness (QED) is 0.756. The van der Waals surface area contributed by atoms with Crippen LogP contribution in [0, 0.1) is 6.92 Å². The summed E-state index contributed by atoms with van der Waals surface area (Å²) < 4.78 is 5.05. The summed E-state index contributed by atoms with van der Waals surface area (Å²) in [7, 11) is 0. The zero-order valence-electron chi connectivity index (χ0n) is 13.3. The van der Waals surface area contributed by atoms with Crippen molar-refractivity contribution in [2.75, 3.05) is 18.4 Å². The Kier molecular flexibility index (Phi) is 6.42. The van der Waals surface area contributed by atoms with E-state index in [4.69, 9.17) is 4.42 Å². The molecule has 0 radical (unpaired) electrons. The van der Waals surface area contributed by atoms with E-state index in [1.807, 2.05) is 6.92 Å². The van der Waals surface area contributed by atoms with E-state index in [-0.39, 0.29) is 30.0 Å². The Morgan fingerprint density at radius 3 is 2.92 bits per heavy atom. The van der Waals surface area contributed by atoms with Crippen molar-refractivity contribution in [3.8, 4) is 0 Å². The number of halogens is 1. The third-order valence-corrected chi connectivity index (χ3v) is 4.93. The van der Waals surface area contributed by atoms with Gasteiger partial charge in [0.25, 0.3) is 11.8 Å². The third kappa shape index (κ3) is 4.37. The maximum absolute atomic E-state index is 12.3. The highest BCUT2D eigenvalue weighted by molar-refractivity contribution is 7.18. The Hall–Kier alpha value is -1.83. The van der Waals surface area contributed by atoms with Crippen LogP contribution in [-0.2, 0) is 0 Å². The first-order valence-corrected chi connectivity index (χ1v) is 8.42. The van der Waals surface area contributed by atoms with E-state index in [9.17, 15) is 9.59 Å². The topological polar surface area (TPSA) is 83.4 Å². The summed E-state index contributed by atoms with van der Waals surface area (Å²) in [6.45, 7) is 3.51. The van der Waals surface area contributed by atoms with Crippen molar-refractivity contribution in [3.63, 3.8) is 0 Å². The highest BCUT2D eigenvalue weighted by Crippen LogP contribution is 2.27. The molecule has 2 aromatic heterocycles. The van der Waals surface area contributed by atoms with Gasteiger partial charge in [-0.25, -0.2) is 0 Å².